The Morgan fingerprint density at radius 3 is 2.71 bits per heavy atom. The molecule has 0 saturated carbocycles. The Bertz CT molecular complexity index is 1280. The first kappa shape index (κ1) is 19.8. The number of hydrogen-bond donors (Lipinski definition) is 1. The fourth-order valence-corrected chi connectivity index (χ4v) is 2.96. The molecule has 1 N–H and O–H groups in total. The molecule has 0 unspecified atom stereocenters. The van der Waals surface area contributed by atoms with Crippen molar-refractivity contribution in [2.45, 2.75) is 0 Å². The van der Waals surface area contributed by atoms with E-state index in [1.165, 1.54) is 18.3 Å². The molecule has 8 heteroatoms. The SMILES string of the molecule is O=C(COc1ccc2ccccc2c1)N/N=C/c1ccc(-c2cccc([N+](=O)[O-])c2)o1. The van der Waals surface area contributed by atoms with Crippen molar-refractivity contribution < 1.29 is 18.9 Å². The van der Waals surface area contributed by atoms with Crippen LogP contribution in [0.2, 0.25) is 0 Å². The van der Waals surface area contributed by atoms with Crippen molar-refractivity contribution >= 4 is 28.6 Å². The Hall–Kier alpha value is -4.46. The first-order valence-corrected chi connectivity index (χ1v) is 9.37. The first-order chi connectivity index (χ1) is 15.1. The second kappa shape index (κ2) is 8.91. The Morgan fingerprint density at radius 1 is 1.03 bits per heavy atom. The number of hydrogen-bond acceptors (Lipinski definition) is 6. The monoisotopic (exact) mass is 415 g/mol. The van der Waals surface area contributed by atoms with E-state index in [-0.39, 0.29) is 12.3 Å². The molecule has 4 aromatic rings. The predicted octanol–water partition coefficient (Wildman–Crippen LogP) is 4.54. The first-order valence-electron chi connectivity index (χ1n) is 9.37. The van der Waals surface area contributed by atoms with Crippen LogP contribution in [0.4, 0.5) is 5.69 Å². The lowest BCUT2D eigenvalue weighted by Crippen LogP contribution is -2.24. The van der Waals surface area contributed by atoms with Crippen LogP contribution in [0.15, 0.2) is 88.4 Å². The van der Waals surface area contributed by atoms with Gasteiger partial charge in [-0.25, -0.2) is 5.43 Å². The summed E-state index contributed by atoms with van der Waals surface area (Å²) in [6, 6.07) is 22.9. The van der Waals surface area contributed by atoms with Gasteiger partial charge in [-0.15, -0.1) is 0 Å². The lowest BCUT2D eigenvalue weighted by atomic mass is 10.1. The van der Waals surface area contributed by atoms with Crippen molar-refractivity contribution in [3.8, 4) is 17.1 Å². The fourth-order valence-electron chi connectivity index (χ4n) is 2.96. The number of non-ortho nitro benzene ring substituents is 1. The van der Waals surface area contributed by atoms with Gasteiger partial charge in [0.15, 0.2) is 6.61 Å². The highest BCUT2D eigenvalue weighted by atomic mass is 16.6. The normalized spacial score (nSPS) is 11.0. The van der Waals surface area contributed by atoms with Gasteiger partial charge in [0.1, 0.15) is 17.3 Å². The number of furan rings is 1. The van der Waals surface area contributed by atoms with Crippen molar-refractivity contribution in [1.82, 2.24) is 5.43 Å². The maximum Gasteiger partial charge on any atom is 0.277 e. The number of fused-ring (bicyclic) bond motifs is 1. The quantitative estimate of drug-likeness (QED) is 0.271. The van der Waals surface area contributed by atoms with Gasteiger partial charge < -0.3 is 9.15 Å². The number of benzene rings is 3. The van der Waals surface area contributed by atoms with Crippen LogP contribution < -0.4 is 10.2 Å². The van der Waals surface area contributed by atoms with Gasteiger partial charge in [0.25, 0.3) is 11.6 Å². The molecule has 4 rings (SSSR count). The summed E-state index contributed by atoms with van der Waals surface area (Å²) in [5.41, 5.74) is 2.91. The molecule has 0 aliphatic carbocycles. The zero-order valence-corrected chi connectivity index (χ0v) is 16.2. The van der Waals surface area contributed by atoms with Gasteiger partial charge in [0.05, 0.1) is 11.1 Å². The summed E-state index contributed by atoms with van der Waals surface area (Å²) in [5.74, 6) is 1.01. The Balaban J connectivity index is 1.31. The van der Waals surface area contributed by atoms with Crippen molar-refractivity contribution in [3.05, 3.63) is 94.7 Å². The molecule has 154 valence electrons. The second-order valence-electron chi connectivity index (χ2n) is 6.60. The summed E-state index contributed by atoms with van der Waals surface area (Å²) in [5, 5.41) is 16.9. The van der Waals surface area contributed by atoms with Gasteiger partial charge in [-0.3, -0.25) is 14.9 Å². The molecule has 0 saturated heterocycles. The molecule has 0 aliphatic rings. The largest absolute Gasteiger partial charge is 0.484 e. The lowest BCUT2D eigenvalue weighted by Gasteiger charge is -2.06. The van der Waals surface area contributed by atoms with E-state index in [0.717, 1.165) is 10.8 Å². The molecule has 0 spiro atoms. The Kier molecular flexibility index (Phi) is 5.70. The maximum atomic E-state index is 12.0. The van der Waals surface area contributed by atoms with Crippen LogP contribution in [0.25, 0.3) is 22.1 Å². The average Bonchev–Trinajstić information content (AvgIpc) is 3.26. The molecule has 0 fully saturated rings. The molecule has 0 radical (unpaired) electrons. The standard InChI is InChI=1S/C23H17N3O5/c27-23(15-30-20-9-8-16-4-1-2-5-17(16)13-20)25-24-14-21-10-11-22(31-21)18-6-3-7-19(12-18)26(28)29/h1-14H,15H2,(H,25,27)/b24-14+. The number of nitro benzene ring substituents is 1. The van der Waals surface area contributed by atoms with Gasteiger partial charge in [-0.2, -0.15) is 5.10 Å². The van der Waals surface area contributed by atoms with E-state index >= 15 is 0 Å². The van der Waals surface area contributed by atoms with Crippen LogP contribution in [0.1, 0.15) is 5.76 Å². The van der Waals surface area contributed by atoms with Gasteiger partial charge in [-0.05, 0) is 35.0 Å². The highest BCUT2D eigenvalue weighted by Crippen LogP contribution is 2.25. The number of nitrogens with zero attached hydrogens (tertiary/aromatic N) is 2. The van der Waals surface area contributed by atoms with Gasteiger partial charge in [0, 0.05) is 17.7 Å². The Labute approximate surface area is 176 Å². The minimum absolute atomic E-state index is 0.0252. The molecule has 1 heterocycles. The predicted molar refractivity (Wildman–Crippen MR) is 116 cm³/mol. The van der Waals surface area contributed by atoms with Crippen molar-refractivity contribution in [1.29, 1.82) is 0 Å². The molecule has 31 heavy (non-hydrogen) atoms. The summed E-state index contributed by atoms with van der Waals surface area (Å²) in [4.78, 5) is 22.4. The average molecular weight is 415 g/mol. The van der Waals surface area contributed by atoms with E-state index in [1.54, 1.807) is 30.3 Å². The zero-order chi connectivity index (χ0) is 21.6. The van der Waals surface area contributed by atoms with E-state index in [1.807, 2.05) is 36.4 Å². The number of carbonyl (C=O) groups excluding carboxylic acids is 1. The lowest BCUT2D eigenvalue weighted by molar-refractivity contribution is -0.384. The number of rotatable bonds is 7. The van der Waals surface area contributed by atoms with Gasteiger partial charge in [-0.1, -0.05) is 42.5 Å². The summed E-state index contributed by atoms with van der Waals surface area (Å²) in [6.45, 7) is -0.188. The fraction of sp³-hybridized carbons (Fsp3) is 0.0435. The van der Waals surface area contributed by atoms with Crippen LogP contribution in [0, 0.1) is 10.1 Å². The smallest absolute Gasteiger partial charge is 0.277 e. The number of amides is 1. The van der Waals surface area contributed by atoms with Crippen LogP contribution in [-0.2, 0) is 4.79 Å². The van der Waals surface area contributed by atoms with Crippen LogP contribution in [0.5, 0.6) is 5.75 Å². The summed E-state index contributed by atoms with van der Waals surface area (Å²) in [7, 11) is 0. The molecule has 1 aromatic heterocycles. The summed E-state index contributed by atoms with van der Waals surface area (Å²) >= 11 is 0. The molecule has 3 aromatic carbocycles. The number of nitro groups is 1. The molecular weight excluding hydrogens is 398 g/mol. The number of hydrazone groups is 1. The van der Waals surface area contributed by atoms with E-state index < -0.39 is 10.8 Å². The third-order valence-electron chi connectivity index (χ3n) is 4.44. The van der Waals surface area contributed by atoms with Crippen molar-refractivity contribution in [3.63, 3.8) is 0 Å². The van der Waals surface area contributed by atoms with Crippen LogP contribution in [-0.4, -0.2) is 23.7 Å². The zero-order valence-electron chi connectivity index (χ0n) is 16.2. The molecule has 1 amide bonds. The van der Waals surface area contributed by atoms with Crippen molar-refractivity contribution in [2.24, 2.45) is 5.10 Å². The van der Waals surface area contributed by atoms with E-state index in [9.17, 15) is 14.9 Å². The summed E-state index contributed by atoms with van der Waals surface area (Å²) < 4.78 is 11.1. The molecule has 8 nitrogen and oxygen atoms in total. The minimum Gasteiger partial charge on any atom is -0.484 e. The maximum absolute atomic E-state index is 12.0. The van der Waals surface area contributed by atoms with Crippen LogP contribution >= 0.6 is 0 Å². The molecule has 0 bridgehead atoms. The van der Waals surface area contributed by atoms with E-state index in [4.69, 9.17) is 9.15 Å². The molecule has 0 atom stereocenters. The summed E-state index contributed by atoms with van der Waals surface area (Å²) in [6.07, 6.45) is 1.34. The molecular formula is C23H17N3O5. The third-order valence-corrected chi connectivity index (χ3v) is 4.44. The highest BCUT2D eigenvalue weighted by Gasteiger charge is 2.10. The second-order valence-corrected chi connectivity index (χ2v) is 6.60. The van der Waals surface area contributed by atoms with Crippen LogP contribution in [0.3, 0.4) is 0 Å². The van der Waals surface area contributed by atoms with Crippen molar-refractivity contribution in [2.75, 3.05) is 6.61 Å². The number of carbonyl (C=O) groups is 1. The number of nitrogens with one attached hydrogen (secondary N) is 1. The minimum atomic E-state index is -0.468. The molecule has 0 aliphatic heterocycles. The highest BCUT2D eigenvalue weighted by molar-refractivity contribution is 5.84. The number of ether oxygens (including phenoxy) is 1. The van der Waals surface area contributed by atoms with Gasteiger partial charge in [0.2, 0.25) is 0 Å². The van der Waals surface area contributed by atoms with Gasteiger partial charge >= 0.3 is 0 Å². The third kappa shape index (κ3) is 4.94. The van der Waals surface area contributed by atoms with E-state index in [0.29, 0.717) is 22.8 Å². The topological polar surface area (TPSA) is 107 Å². The van der Waals surface area contributed by atoms with E-state index in [2.05, 4.69) is 10.5 Å². The Morgan fingerprint density at radius 2 is 1.87 bits per heavy atom.